The van der Waals surface area contributed by atoms with Gasteiger partial charge in [0, 0.05) is 5.92 Å². The number of hydrogen-bond acceptors (Lipinski definition) is 18. The van der Waals surface area contributed by atoms with Crippen molar-refractivity contribution >= 4 is 0 Å². The van der Waals surface area contributed by atoms with Gasteiger partial charge in [-0.1, -0.05) is 20.8 Å². The predicted octanol–water partition coefficient (Wildman–Crippen LogP) is -0.814. The molecule has 5 saturated carbocycles. The van der Waals surface area contributed by atoms with Gasteiger partial charge < -0.3 is 89.3 Å². The van der Waals surface area contributed by atoms with Gasteiger partial charge in [-0.25, -0.2) is 0 Å². The Bertz CT molecular complexity index is 1700. The first-order valence-electron chi connectivity index (χ1n) is 23.9. The maximum Gasteiger partial charge on any atom is 0.187 e. The van der Waals surface area contributed by atoms with E-state index in [1.54, 1.807) is 13.8 Å². The molecule has 4 aliphatic heterocycles. The molecule has 18 nitrogen and oxygen atoms in total. The second kappa shape index (κ2) is 16.4. The molecule has 9 rings (SSSR count). The van der Waals surface area contributed by atoms with E-state index in [2.05, 4.69) is 27.7 Å². The number of rotatable bonds is 9. The van der Waals surface area contributed by atoms with Crippen LogP contribution in [0, 0.1) is 45.3 Å². The van der Waals surface area contributed by atoms with Gasteiger partial charge in [-0.2, -0.15) is 0 Å². The molecule has 4 saturated heterocycles. The minimum absolute atomic E-state index is 0.0855. The third kappa shape index (κ3) is 7.25. The lowest BCUT2D eigenvalue weighted by atomic mass is 9.45. The van der Waals surface area contributed by atoms with Crippen LogP contribution >= 0.6 is 0 Å². The first-order valence-corrected chi connectivity index (χ1v) is 23.9. The topological polar surface area (TPSA) is 287 Å². The van der Waals surface area contributed by atoms with Gasteiger partial charge in [-0.15, -0.1) is 0 Å². The SMILES string of the molecule is C[C@@H]1O[C@@H](O[C@H]2[C@H](O[C@H]3CC[C@]45C[C@]46CC[C@@]4(C)[C@@H](C[C@H](O)[C@@H]4[C@@]4(C)CC[C@@H](C(C)(C)O)O4)[C@@H]6C[C@H](O[C@@H]4O[C@H](CO)[C@@H](O)[C@H](O)[C@H]4O)[C@H]5C3(C)C)OC[C@@H](O)[C@@H]2O)[C@H](O)[C@H](O)[C@H]1O. The lowest BCUT2D eigenvalue weighted by molar-refractivity contribution is -0.366. The van der Waals surface area contributed by atoms with Crippen LogP contribution in [0.15, 0.2) is 0 Å². The normalized spacial score (nSPS) is 58.2. The third-order valence-corrected chi connectivity index (χ3v) is 18.9. The summed E-state index contributed by atoms with van der Waals surface area (Å²) in [5.41, 5.74) is -3.07. The molecule has 4 heterocycles. The second-order valence-corrected chi connectivity index (χ2v) is 23.2. The van der Waals surface area contributed by atoms with Crippen LogP contribution in [0.5, 0.6) is 0 Å². The van der Waals surface area contributed by atoms with Gasteiger partial charge in [0.2, 0.25) is 0 Å². The molecule has 368 valence electrons. The largest absolute Gasteiger partial charge is 0.394 e. The minimum atomic E-state index is -1.68. The van der Waals surface area contributed by atoms with E-state index in [9.17, 15) is 56.2 Å². The van der Waals surface area contributed by atoms with Crippen molar-refractivity contribution in [2.45, 2.75) is 228 Å². The van der Waals surface area contributed by atoms with E-state index in [4.69, 9.17) is 33.2 Å². The molecular weight excluding hydrogens is 840 g/mol. The fraction of sp³-hybridized carbons (Fsp3) is 1.00. The lowest BCUT2D eigenvalue weighted by Gasteiger charge is -2.62. The average molecular weight is 917 g/mol. The lowest BCUT2D eigenvalue weighted by Crippen LogP contribution is -2.65. The first kappa shape index (κ1) is 48.3. The molecule has 0 aromatic heterocycles. The highest BCUT2D eigenvalue weighted by Crippen LogP contribution is 2.87. The Labute approximate surface area is 375 Å². The maximum atomic E-state index is 12.2. The Morgan fingerprint density at radius 2 is 1.31 bits per heavy atom. The predicted molar refractivity (Wildman–Crippen MR) is 220 cm³/mol. The van der Waals surface area contributed by atoms with Crippen molar-refractivity contribution in [1.82, 2.24) is 0 Å². The summed E-state index contributed by atoms with van der Waals surface area (Å²) < 4.78 is 44.3. The number of hydrogen-bond donors (Lipinski definition) is 11. The molecule has 9 fully saturated rings. The van der Waals surface area contributed by atoms with Crippen molar-refractivity contribution in [2.75, 3.05) is 13.2 Å². The van der Waals surface area contributed by atoms with E-state index in [0.29, 0.717) is 25.7 Å². The molecule has 11 N–H and O–H groups in total. The van der Waals surface area contributed by atoms with Crippen LogP contribution in [0.25, 0.3) is 0 Å². The van der Waals surface area contributed by atoms with E-state index in [1.165, 1.54) is 6.92 Å². The molecule has 0 amide bonds. The number of aliphatic hydroxyl groups is 11. The second-order valence-electron chi connectivity index (χ2n) is 23.2. The minimum Gasteiger partial charge on any atom is -0.394 e. The molecule has 9 aliphatic rings. The molecule has 26 atom stereocenters. The van der Waals surface area contributed by atoms with Crippen molar-refractivity contribution in [1.29, 1.82) is 0 Å². The van der Waals surface area contributed by atoms with Gasteiger partial charge in [0.05, 0.1) is 54.9 Å². The zero-order valence-corrected chi connectivity index (χ0v) is 38.3. The summed E-state index contributed by atoms with van der Waals surface area (Å²) in [6, 6.07) is 0. The molecule has 2 spiro atoms. The molecule has 0 radical (unpaired) electrons. The van der Waals surface area contributed by atoms with Crippen molar-refractivity contribution in [3.63, 3.8) is 0 Å². The monoisotopic (exact) mass is 917 g/mol. The van der Waals surface area contributed by atoms with Crippen molar-refractivity contribution < 1.29 is 89.3 Å². The fourth-order valence-electron chi connectivity index (χ4n) is 15.8. The zero-order chi connectivity index (χ0) is 46.4. The molecule has 0 bridgehead atoms. The van der Waals surface area contributed by atoms with Crippen LogP contribution in [0.2, 0.25) is 0 Å². The van der Waals surface area contributed by atoms with Crippen LogP contribution in [0.3, 0.4) is 0 Å². The summed E-state index contributed by atoms with van der Waals surface area (Å²) in [6.07, 6.45) is -15.7. The Morgan fingerprint density at radius 3 is 1.97 bits per heavy atom. The first-order chi connectivity index (χ1) is 29.8. The molecule has 0 aromatic rings. The summed E-state index contributed by atoms with van der Waals surface area (Å²) >= 11 is 0. The van der Waals surface area contributed by atoms with Crippen molar-refractivity contribution in [3.05, 3.63) is 0 Å². The number of aliphatic hydroxyl groups excluding tert-OH is 10. The van der Waals surface area contributed by atoms with Gasteiger partial charge in [-0.05, 0) is 125 Å². The van der Waals surface area contributed by atoms with Crippen LogP contribution in [0.4, 0.5) is 0 Å². The Balaban J connectivity index is 1.03. The quantitative estimate of drug-likeness (QED) is 0.126. The molecule has 18 heteroatoms. The van der Waals surface area contributed by atoms with Crippen LogP contribution < -0.4 is 0 Å². The fourth-order valence-corrected chi connectivity index (χ4v) is 15.8. The van der Waals surface area contributed by atoms with Gasteiger partial charge in [-0.3, -0.25) is 0 Å². The van der Waals surface area contributed by atoms with E-state index >= 15 is 0 Å². The van der Waals surface area contributed by atoms with Crippen molar-refractivity contribution in [3.8, 4) is 0 Å². The summed E-state index contributed by atoms with van der Waals surface area (Å²) in [5.74, 6) is -0.239. The maximum absolute atomic E-state index is 12.2. The van der Waals surface area contributed by atoms with E-state index in [1.807, 2.05) is 0 Å². The third-order valence-electron chi connectivity index (χ3n) is 18.9. The standard InChI is InChI=1S/C46H76O18/c1-19-28(50)31(53)33(55)38(59-19)63-35-29(51)23(49)17-58-40(35)62-26-9-11-46-18-45(46)13-12-43(6)20(14-22(48)36(43)44(7)10-8-27(64-44)42(4,5)57)21(45)15-24(37(46)41(26,2)3)60-39-34(56)32(54)30(52)25(16-47)61-39/h19-40,47-57H,8-18H2,1-7H3/t19-,20-,21-,22-,23+,24-,25+,26-,27-,28-,29-,30+,31+,32-,33+,34+,35+,36-,37-,38-,39+,40-,43-,44+,45-,46+/m0/s1. The average Bonchev–Trinajstić information content (AvgIpc) is 3.54. The van der Waals surface area contributed by atoms with Gasteiger partial charge in [0.25, 0.3) is 0 Å². The van der Waals surface area contributed by atoms with Crippen LogP contribution in [0.1, 0.15) is 106 Å². The van der Waals surface area contributed by atoms with Crippen LogP contribution in [-0.4, -0.2) is 191 Å². The highest BCUT2D eigenvalue weighted by molar-refractivity contribution is 5.31. The smallest absolute Gasteiger partial charge is 0.187 e. The Morgan fingerprint density at radius 1 is 0.641 bits per heavy atom. The van der Waals surface area contributed by atoms with Crippen LogP contribution in [-0.2, 0) is 33.2 Å². The summed E-state index contributed by atoms with van der Waals surface area (Å²) in [6.45, 7) is 12.7. The molecule has 0 unspecified atom stereocenters. The van der Waals surface area contributed by atoms with E-state index < -0.39 is 128 Å². The Hall–Kier alpha value is -0.720. The van der Waals surface area contributed by atoms with Crippen molar-refractivity contribution in [2.24, 2.45) is 45.3 Å². The molecule has 64 heavy (non-hydrogen) atoms. The highest BCUT2D eigenvalue weighted by atomic mass is 16.8. The highest BCUT2D eigenvalue weighted by Gasteiger charge is 2.83. The number of ether oxygens (including phenoxy) is 7. The van der Waals surface area contributed by atoms with Gasteiger partial charge in [0.1, 0.15) is 61.0 Å². The van der Waals surface area contributed by atoms with E-state index in [-0.39, 0.29) is 52.6 Å². The summed E-state index contributed by atoms with van der Waals surface area (Å²) in [7, 11) is 0. The van der Waals surface area contributed by atoms with Gasteiger partial charge in [0.15, 0.2) is 18.9 Å². The summed E-state index contributed by atoms with van der Waals surface area (Å²) in [5, 5.41) is 120. The Kier molecular flexibility index (Phi) is 12.4. The zero-order valence-electron chi connectivity index (χ0n) is 38.3. The molecular formula is C46H76O18. The molecule has 5 aliphatic carbocycles. The number of fused-ring (bicyclic) bond motifs is 2. The molecule has 0 aromatic carbocycles. The van der Waals surface area contributed by atoms with Gasteiger partial charge >= 0.3 is 0 Å². The van der Waals surface area contributed by atoms with E-state index in [0.717, 1.165) is 32.1 Å². The summed E-state index contributed by atoms with van der Waals surface area (Å²) in [4.78, 5) is 0.